The van der Waals surface area contributed by atoms with Crippen LogP contribution in [0.3, 0.4) is 0 Å². The van der Waals surface area contributed by atoms with Gasteiger partial charge in [0.15, 0.2) is 5.11 Å². The standard InChI is InChI=1S/C17H16N2O5S/c1-2-24-12-5-3-4-10(8-12)15(21)19-17(25)18-11-6-7-13(16(22)23)14(20)9-11/h3-9,20H,2H2,1H3,(H,22,23)(H2,18,19,21,25). The van der Waals surface area contributed by atoms with E-state index < -0.39 is 17.6 Å². The molecule has 130 valence electrons. The van der Waals surface area contributed by atoms with Gasteiger partial charge in [0.1, 0.15) is 17.1 Å². The third kappa shape index (κ3) is 4.92. The number of hydrogen-bond donors (Lipinski definition) is 4. The van der Waals surface area contributed by atoms with Crippen LogP contribution in [0.4, 0.5) is 5.69 Å². The molecule has 0 aliphatic carbocycles. The van der Waals surface area contributed by atoms with Gasteiger partial charge in [0, 0.05) is 17.3 Å². The number of carbonyl (C=O) groups is 2. The lowest BCUT2D eigenvalue weighted by Gasteiger charge is -2.11. The Hall–Kier alpha value is -3.13. The minimum Gasteiger partial charge on any atom is -0.507 e. The van der Waals surface area contributed by atoms with Crippen LogP contribution in [-0.4, -0.2) is 33.8 Å². The number of aromatic hydroxyl groups is 1. The third-order valence-corrected chi connectivity index (χ3v) is 3.32. The monoisotopic (exact) mass is 360 g/mol. The Morgan fingerprint density at radius 2 is 1.96 bits per heavy atom. The van der Waals surface area contributed by atoms with Crippen molar-refractivity contribution >= 4 is 34.9 Å². The molecule has 4 N–H and O–H groups in total. The van der Waals surface area contributed by atoms with Gasteiger partial charge in [-0.2, -0.15) is 0 Å². The molecular formula is C17H16N2O5S. The van der Waals surface area contributed by atoms with Gasteiger partial charge < -0.3 is 20.3 Å². The van der Waals surface area contributed by atoms with Crippen molar-refractivity contribution in [1.29, 1.82) is 0 Å². The topological polar surface area (TPSA) is 108 Å². The fraction of sp³-hybridized carbons (Fsp3) is 0.118. The van der Waals surface area contributed by atoms with Gasteiger partial charge in [-0.1, -0.05) is 6.07 Å². The van der Waals surface area contributed by atoms with Crippen LogP contribution in [0.1, 0.15) is 27.6 Å². The molecular weight excluding hydrogens is 344 g/mol. The van der Waals surface area contributed by atoms with Crippen molar-refractivity contribution in [1.82, 2.24) is 5.32 Å². The number of benzene rings is 2. The van der Waals surface area contributed by atoms with Gasteiger partial charge in [-0.15, -0.1) is 0 Å². The molecule has 0 spiro atoms. The number of nitrogens with one attached hydrogen (secondary N) is 2. The van der Waals surface area contributed by atoms with Gasteiger partial charge in [0.05, 0.1) is 6.61 Å². The number of hydrogen-bond acceptors (Lipinski definition) is 5. The number of amides is 1. The quantitative estimate of drug-likeness (QED) is 0.607. The van der Waals surface area contributed by atoms with E-state index in [4.69, 9.17) is 22.1 Å². The molecule has 0 saturated heterocycles. The van der Waals surface area contributed by atoms with E-state index in [1.54, 1.807) is 24.3 Å². The van der Waals surface area contributed by atoms with E-state index in [1.165, 1.54) is 18.2 Å². The maximum Gasteiger partial charge on any atom is 0.339 e. The van der Waals surface area contributed by atoms with Crippen molar-refractivity contribution in [3.05, 3.63) is 53.6 Å². The average Bonchev–Trinajstić information content (AvgIpc) is 2.55. The van der Waals surface area contributed by atoms with E-state index >= 15 is 0 Å². The fourth-order valence-corrected chi connectivity index (χ4v) is 2.23. The third-order valence-electron chi connectivity index (χ3n) is 3.12. The van der Waals surface area contributed by atoms with Crippen molar-refractivity contribution in [3.8, 4) is 11.5 Å². The number of rotatable bonds is 5. The zero-order valence-corrected chi connectivity index (χ0v) is 14.1. The van der Waals surface area contributed by atoms with E-state index in [9.17, 15) is 14.7 Å². The molecule has 0 saturated carbocycles. The molecule has 0 radical (unpaired) electrons. The summed E-state index contributed by atoms with van der Waals surface area (Å²) in [7, 11) is 0. The average molecular weight is 360 g/mol. The van der Waals surface area contributed by atoms with E-state index in [0.717, 1.165) is 0 Å². The van der Waals surface area contributed by atoms with E-state index in [-0.39, 0.29) is 10.7 Å². The summed E-state index contributed by atoms with van der Waals surface area (Å²) in [5, 5.41) is 23.7. The second kappa shape index (κ2) is 8.11. The SMILES string of the molecule is CCOc1cccc(C(=O)NC(=S)Nc2ccc(C(=O)O)c(O)c2)c1. The molecule has 0 aromatic heterocycles. The lowest BCUT2D eigenvalue weighted by atomic mass is 10.2. The number of carbonyl (C=O) groups excluding carboxylic acids is 1. The Bertz CT molecular complexity index is 822. The molecule has 0 bridgehead atoms. The first kappa shape index (κ1) is 18.2. The zero-order chi connectivity index (χ0) is 18.4. The van der Waals surface area contributed by atoms with Crippen molar-refractivity contribution in [2.24, 2.45) is 0 Å². The van der Waals surface area contributed by atoms with Crippen molar-refractivity contribution in [2.45, 2.75) is 6.92 Å². The first-order valence-corrected chi connectivity index (χ1v) is 7.73. The minimum atomic E-state index is -1.24. The molecule has 0 aliphatic rings. The first-order valence-electron chi connectivity index (χ1n) is 7.32. The Balaban J connectivity index is 2.02. The molecule has 2 aromatic carbocycles. The lowest BCUT2D eigenvalue weighted by molar-refractivity contribution is 0.0693. The van der Waals surface area contributed by atoms with Crippen molar-refractivity contribution in [2.75, 3.05) is 11.9 Å². The molecule has 8 heteroatoms. The van der Waals surface area contributed by atoms with Gasteiger partial charge in [0.2, 0.25) is 0 Å². The van der Waals surface area contributed by atoms with Gasteiger partial charge in [-0.05, 0) is 49.5 Å². The maximum absolute atomic E-state index is 12.2. The summed E-state index contributed by atoms with van der Waals surface area (Å²) in [6.07, 6.45) is 0. The van der Waals surface area contributed by atoms with Crippen LogP contribution in [-0.2, 0) is 0 Å². The van der Waals surface area contributed by atoms with Crippen LogP contribution < -0.4 is 15.4 Å². The van der Waals surface area contributed by atoms with Crippen LogP contribution >= 0.6 is 12.2 Å². The highest BCUT2D eigenvalue weighted by molar-refractivity contribution is 7.80. The summed E-state index contributed by atoms with van der Waals surface area (Å²) in [6, 6.07) is 10.5. The first-order chi connectivity index (χ1) is 11.9. The van der Waals surface area contributed by atoms with Crippen LogP contribution in [0.2, 0.25) is 0 Å². The highest BCUT2D eigenvalue weighted by atomic mass is 32.1. The summed E-state index contributed by atoms with van der Waals surface area (Å²) in [5.74, 6) is -1.50. The predicted octanol–water partition coefficient (Wildman–Crippen LogP) is 2.62. The summed E-state index contributed by atoms with van der Waals surface area (Å²) in [4.78, 5) is 23.0. The largest absolute Gasteiger partial charge is 0.507 e. The molecule has 0 unspecified atom stereocenters. The summed E-state index contributed by atoms with van der Waals surface area (Å²) < 4.78 is 5.34. The summed E-state index contributed by atoms with van der Waals surface area (Å²) in [6.45, 7) is 2.33. The summed E-state index contributed by atoms with van der Waals surface area (Å²) >= 11 is 5.05. The molecule has 0 aliphatic heterocycles. The fourth-order valence-electron chi connectivity index (χ4n) is 2.02. The van der Waals surface area contributed by atoms with Crippen LogP contribution in [0, 0.1) is 0 Å². The Labute approximate surface area is 149 Å². The van der Waals surface area contributed by atoms with Crippen molar-refractivity contribution in [3.63, 3.8) is 0 Å². The molecule has 0 fully saturated rings. The molecule has 2 rings (SSSR count). The molecule has 7 nitrogen and oxygen atoms in total. The molecule has 1 amide bonds. The number of thiocarbonyl (C=S) groups is 1. The number of ether oxygens (including phenoxy) is 1. The number of phenols is 1. The number of aromatic carboxylic acids is 1. The van der Waals surface area contributed by atoms with E-state index in [0.29, 0.717) is 23.6 Å². The van der Waals surface area contributed by atoms with Crippen LogP contribution in [0.5, 0.6) is 11.5 Å². The predicted molar refractivity (Wildman–Crippen MR) is 96.4 cm³/mol. The maximum atomic E-state index is 12.2. The van der Waals surface area contributed by atoms with Crippen molar-refractivity contribution < 1.29 is 24.5 Å². The Kier molecular flexibility index (Phi) is 5.91. The van der Waals surface area contributed by atoms with Gasteiger partial charge in [0.25, 0.3) is 5.91 Å². The van der Waals surface area contributed by atoms with E-state index in [2.05, 4.69) is 10.6 Å². The minimum absolute atomic E-state index is 0.00860. The summed E-state index contributed by atoms with van der Waals surface area (Å²) in [5.41, 5.74) is 0.489. The molecule has 0 atom stereocenters. The molecule has 2 aromatic rings. The molecule has 25 heavy (non-hydrogen) atoms. The number of carboxylic acid groups (broad SMARTS) is 1. The van der Waals surface area contributed by atoms with Gasteiger partial charge >= 0.3 is 5.97 Å². The number of carboxylic acids is 1. The Morgan fingerprint density at radius 3 is 2.60 bits per heavy atom. The van der Waals surface area contributed by atoms with Gasteiger partial charge in [-0.25, -0.2) is 4.79 Å². The smallest absolute Gasteiger partial charge is 0.339 e. The van der Waals surface area contributed by atoms with Gasteiger partial charge in [-0.3, -0.25) is 10.1 Å². The lowest BCUT2D eigenvalue weighted by Crippen LogP contribution is -2.34. The normalized spacial score (nSPS) is 9.96. The van der Waals surface area contributed by atoms with E-state index in [1.807, 2.05) is 6.92 Å². The second-order valence-electron chi connectivity index (χ2n) is 4.91. The highest BCUT2D eigenvalue weighted by Gasteiger charge is 2.12. The molecule has 0 heterocycles. The Morgan fingerprint density at radius 1 is 1.20 bits per heavy atom. The number of anilines is 1. The van der Waals surface area contributed by atoms with Crippen LogP contribution in [0.25, 0.3) is 0 Å². The highest BCUT2D eigenvalue weighted by Crippen LogP contribution is 2.22. The zero-order valence-electron chi connectivity index (χ0n) is 13.3. The second-order valence-corrected chi connectivity index (χ2v) is 5.31. The van der Waals surface area contributed by atoms with Crippen LogP contribution in [0.15, 0.2) is 42.5 Å².